The fraction of sp³-hybridized carbons (Fsp3) is 0.452. The van der Waals surface area contributed by atoms with Crippen LogP contribution in [-0.4, -0.2) is 78.9 Å². The van der Waals surface area contributed by atoms with Gasteiger partial charge in [0.2, 0.25) is 0 Å². The first-order chi connectivity index (χ1) is 18.7. The standard InChI is InChI=1S/C31H37N5O2/c1-35-14-16-36(17-15-35)13-3-6-24-4-2-5-25(20-24)21-31-33-12-9-29(34-31)26-7-8-30(27(22-26)23-32)38-28-10-18-37-19-11-28/h2,4-5,7-9,12,20,22,28H,3,6,10-11,13-19,21H2,1H3. The van der Waals surface area contributed by atoms with Gasteiger partial charge in [0, 0.05) is 57.2 Å². The lowest BCUT2D eigenvalue weighted by molar-refractivity contribution is 0.0254. The number of hydrogen-bond donors (Lipinski definition) is 0. The van der Waals surface area contributed by atoms with Gasteiger partial charge in [-0.25, -0.2) is 9.97 Å². The summed E-state index contributed by atoms with van der Waals surface area (Å²) in [4.78, 5) is 14.3. The molecule has 1 aromatic heterocycles. The molecule has 0 spiro atoms. The smallest absolute Gasteiger partial charge is 0.137 e. The predicted molar refractivity (Wildman–Crippen MR) is 148 cm³/mol. The molecule has 38 heavy (non-hydrogen) atoms. The van der Waals surface area contributed by atoms with E-state index in [-0.39, 0.29) is 6.10 Å². The molecule has 3 heterocycles. The number of benzene rings is 2. The predicted octanol–water partition coefficient (Wildman–Crippen LogP) is 4.34. The molecule has 5 rings (SSSR count). The van der Waals surface area contributed by atoms with Gasteiger partial charge in [-0.15, -0.1) is 0 Å². The van der Waals surface area contributed by atoms with Gasteiger partial charge in [-0.2, -0.15) is 5.26 Å². The van der Waals surface area contributed by atoms with Gasteiger partial charge in [-0.1, -0.05) is 24.3 Å². The Kier molecular flexibility index (Phi) is 8.98. The van der Waals surface area contributed by atoms with E-state index in [1.807, 2.05) is 24.3 Å². The summed E-state index contributed by atoms with van der Waals surface area (Å²) >= 11 is 0. The lowest BCUT2D eigenvalue weighted by Gasteiger charge is -2.32. The van der Waals surface area contributed by atoms with Gasteiger partial charge in [-0.3, -0.25) is 0 Å². The third-order valence-electron chi connectivity index (χ3n) is 7.45. The van der Waals surface area contributed by atoms with Gasteiger partial charge in [0.1, 0.15) is 23.7 Å². The second-order valence-electron chi connectivity index (χ2n) is 10.4. The molecule has 2 aromatic carbocycles. The quantitative estimate of drug-likeness (QED) is 0.423. The number of aromatic nitrogens is 2. The molecule has 198 valence electrons. The summed E-state index contributed by atoms with van der Waals surface area (Å²) in [5.41, 5.74) is 4.82. The van der Waals surface area contributed by atoms with Crippen molar-refractivity contribution in [2.75, 3.05) is 53.0 Å². The summed E-state index contributed by atoms with van der Waals surface area (Å²) in [7, 11) is 2.20. The summed E-state index contributed by atoms with van der Waals surface area (Å²) < 4.78 is 11.5. The van der Waals surface area contributed by atoms with E-state index >= 15 is 0 Å². The molecule has 0 bridgehead atoms. The fourth-order valence-corrected chi connectivity index (χ4v) is 5.15. The van der Waals surface area contributed by atoms with Crippen LogP contribution < -0.4 is 4.74 Å². The average Bonchev–Trinajstić information content (AvgIpc) is 2.95. The van der Waals surface area contributed by atoms with E-state index in [1.54, 1.807) is 6.20 Å². The highest BCUT2D eigenvalue weighted by molar-refractivity contribution is 5.64. The van der Waals surface area contributed by atoms with Crippen LogP contribution in [-0.2, 0) is 17.6 Å². The lowest BCUT2D eigenvalue weighted by Crippen LogP contribution is -2.44. The molecule has 0 unspecified atom stereocenters. The van der Waals surface area contributed by atoms with E-state index in [2.05, 4.69) is 52.2 Å². The molecule has 0 saturated carbocycles. The van der Waals surface area contributed by atoms with Gasteiger partial charge in [0.05, 0.1) is 24.5 Å². The first kappa shape index (κ1) is 26.3. The van der Waals surface area contributed by atoms with Crippen LogP contribution in [0.3, 0.4) is 0 Å². The van der Waals surface area contributed by atoms with Crippen molar-refractivity contribution in [1.29, 1.82) is 5.26 Å². The van der Waals surface area contributed by atoms with E-state index < -0.39 is 0 Å². The van der Waals surface area contributed by atoms with Crippen molar-refractivity contribution in [3.8, 4) is 23.1 Å². The number of ether oxygens (including phenoxy) is 2. The molecule has 0 radical (unpaired) electrons. The molecule has 2 aliphatic heterocycles. The first-order valence-corrected chi connectivity index (χ1v) is 13.8. The minimum Gasteiger partial charge on any atom is -0.489 e. The Morgan fingerprint density at radius 2 is 1.84 bits per heavy atom. The number of rotatable bonds is 9. The zero-order chi connectivity index (χ0) is 26.2. The van der Waals surface area contributed by atoms with Crippen LogP contribution in [0.5, 0.6) is 5.75 Å². The lowest BCUT2D eigenvalue weighted by atomic mass is 10.0. The number of nitriles is 1. The van der Waals surface area contributed by atoms with Gasteiger partial charge < -0.3 is 19.3 Å². The number of hydrogen-bond acceptors (Lipinski definition) is 7. The van der Waals surface area contributed by atoms with Crippen LogP contribution in [0.15, 0.2) is 54.7 Å². The van der Waals surface area contributed by atoms with E-state index in [9.17, 15) is 5.26 Å². The second kappa shape index (κ2) is 13.0. The third-order valence-corrected chi connectivity index (χ3v) is 7.45. The second-order valence-corrected chi connectivity index (χ2v) is 10.4. The van der Waals surface area contributed by atoms with Crippen molar-refractivity contribution >= 4 is 0 Å². The Balaban J connectivity index is 1.21. The molecule has 3 aromatic rings. The molecular weight excluding hydrogens is 474 g/mol. The van der Waals surface area contributed by atoms with E-state index in [0.717, 1.165) is 42.9 Å². The molecular formula is C31H37N5O2. The molecule has 7 nitrogen and oxygen atoms in total. The summed E-state index contributed by atoms with van der Waals surface area (Å²) in [6, 6.07) is 18.7. The highest BCUT2D eigenvalue weighted by atomic mass is 16.5. The molecule has 2 aliphatic rings. The maximum atomic E-state index is 9.75. The number of likely N-dealkylation sites (N-methyl/N-ethyl adjacent to an activating group) is 1. The third kappa shape index (κ3) is 7.16. The molecule has 0 N–H and O–H groups in total. The summed E-state index contributed by atoms with van der Waals surface area (Å²) in [6.07, 6.45) is 6.52. The highest BCUT2D eigenvalue weighted by Crippen LogP contribution is 2.27. The van der Waals surface area contributed by atoms with Gasteiger partial charge >= 0.3 is 0 Å². The largest absolute Gasteiger partial charge is 0.489 e. The van der Waals surface area contributed by atoms with E-state index in [0.29, 0.717) is 30.9 Å². The van der Waals surface area contributed by atoms with E-state index in [1.165, 1.54) is 43.7 Å². The monoisotopic (exact) mass is 511 g/mol. The molecule has 0 aliphatic carbocycles. The first-order valence-electron chi connectivity index (χ1n) is 13.8. The summed E-state index contributed by atoms with van der Waals surface area (Å²) in [6.45, 7) is 7.24. The summed E-state index contributed by atoms with van der Waals surface area (Å²) in [5.74, 6) is 1.40. The maximum absolute atomic E-state index is 9.75. The summed E-state index contributed by atoms with van der Waals surface area (Å²) in [5, 5.41) is 9.75. The number of piperazine rings is 1. The fourth-order valence-electron chi connectivity index (χ4n) is 5.15. The zero-order valence-corrected chi connectivity index (χ0v) is 22.3. The molecule has 0 atom stereocenters. The van der Waals surface area contributed by atoms with Crippen LogP contribution in [0.25, 0.3) is 11.3 Å². The minimum atomic E-state index is 0.0925. The Morgan fingerprint density at radius 1 is 1.03 bits per heavy atom. The van der Waals surface area contributed by atoms with Crippen molar-refractivity contribution < 1.29 is 9.47 Å². The Morgan fingerprint density at radius 3 is 2.66 bits per heavy atom. The Hall–Kier alpha value is -3.31. The van der Waals surface area contributed by atoms with Crippen LogP contribution in [0.2, 0.25) is 0 Å². The van der Waals surface area contributed by atoms with Crippen molar-refractivity contribution in [3.63, 3.8) is 0 Å². The van der Waals surface area contributed by atoms with Crippen molar-refractivity contribution in [1.82, 2.24) is 19.8 Å². The normalized spacial score (nSPS) is 17.3. The van der Waals surface area contributed by atoms with Crippen LogP contribution in [0.4, 0.5) is 0 Å². The van der Waals surface area contributed by atoms with Gasteiger partial charge in [-0.05, 0) is 61.8 Å². The average molecular weight is 512 g/mol. The highest BCUT2D eigenvalue weighted by Gasteiger charge is 2.18. The van der Waals surface area contributed by atoms with Crippen molar-refractivity contribution in [2.45, 2.75) is 38.2 Å². The van der Waals surface area contributed by atoms with Crippen LogP contribution in [0, 0.1) is 11.3 Å². The number of nitrogens with zero attached hydrogens (tertiary/aromatic N) is 5. The Labute approximate surface area is 226 Å². The van der Waals surface area contributed by atoms with E-state index in [4.69, 9.17) is 14.5 Å². The zero-order valence-electron chi connectivity index (χ0n) is 22.3. The van der Waals surface area contributed by atoms with Crippen LogP contribution >= 0.6 is 0 Å². The maximum Gasteiger partial charge on any atom is 0.137 e. The SMILES string of the molecule is CN1CCN(CCCc2cccc(Cc3nccc(-c4ccc(OC5CCOCC5)c(C#N)c4)n3)c2)CC1. The van der Waals surface area contributed by atoms with Crippen molar-refractivity contribution in [3.05, 3.63) is 77.2 Å². The molecule has 2 fully saturated rings. The molecule has 7 heteroatoms. The molecule has 0 amide bonds. The van der Waals surface area contributed by atoms with Gasteiger partial charge in [0.15, 0.2) is 0 Å². The van der Waals surface area contributed by atoms with Crippen molar-refractivity contribution in [2.24, 2.45) is 0 Å². The van der Waals surface area contributed by atoms with Crippen LogP contribution in [0.1, 0.15) is 41.8 Å². The Bertz CT molecular complexity index is 1240. The van der Waals surface area contributed by atoms with Gasteiger partial charge in [0.25, 0.3) is 0 Å². The topological polar surface area (TPSA) is 74.5 Å². The minimum absolute atomic E-state index is 0.0925. The number of aryl methyl sites for hydroxylation is 1. The molecule has 2 saturated heterocycles.